The Hall–Kier alpha value is -1.10. The van der Waals surface area contributed by atoms with Crippen LogP contribution in [0, 0.1) is 0 Å². The van der Waals surface area contributed by atoms with Crippen LogP contribution in [0.2, 0.25) is 5.02 Å². The number of hydrogen-bond donors (Lipinski definition) is 1. The van der Waals surface area contributed by atoms with Crippen LogP contribution in [0.3, 0.4) is 0 Å². The SMILES string of the molecule is CCCCOCC(O)COc1ccc(C=O)cc1Cl. The molecule has 0 aliphatic rings. The number of halogens is 1. The zero-order chi connectivity index (χ0) is 14.1. The molecular weight excluding hydrogens is 268 g/mol. The van der Waals surface area contributed by atoms with E-state index in [0.717, 1.165) is 12.8 Å². The van der Waals surface area contributed by atoms with Gasteiger partial charge in [0, 0.05) is 12.2 Å². The largest absolute Gasteiger partial charge is 0.489 e. The number of ether oxygens (including phenoxy) is 2. The average Bonchev–Trinajstić information content (AvgIpc) is 2.42. The Bertz CT molecular complexity index is 395. The number of aliphatic hydroxyl groups is 1. The summed E-state index contributed by atoms with van der Waals surface area (Å²) in [5.74, 6) is 0.444. The Labute approximate surface area is 118 Å². The Kier molecular flexibility index (Phi) is 7.48. The molecule has 0 saturated carbocycles. The molecule has 0 aromatic heterocycles. The summed E-state index contributed by atoms with van der Waals surface area (Å²) in [6.45, 7) is 3.06. The van der Waals surface area contributed by atoms with E-state index in [4.69, 9.17) is 21.1 Å². The van der Waals surface area contributed by atoms with Crippen molar-refractivity contribution < 1.29 is 19.4 Å². The van der Waals surface area contributed by atoms with Gasteiger partial charge in [0.1, 0.15) is 24.7 Å². The summed E-state index contributed by atoms with van der Waals surface area (Å²) >= 11 is 5.94. The highest BCUT2D eigenvalue weighted by Crippen LogP contribution is 2.24. The third-order valence-electron chi connectivity index (χ3n) is 2.48. The molecule has 1 rings (SSSR count). The maximum absolute atomic E-state index is 10.6. The van der Waals surface area contributed by atoms with Crippen molar-refractivity contribution >= 4 is 17.9 Å². The lowest BCUT2D eigenvalue weighted by Gasteiger charge is -2.13. The summed E-state index contributed by atoms with van der Waals surface area (Å²) in [4.78, 5) is 10.6. The molecule has 1 atom stereocenters. The molecule has 0 aliphatic heterocycles. The Morgan fingerprint density at radius 2 is 2.21 bits per heavy atom. The maximum Gasteiger partial charge on any atom is 0.150 e. The van der Waals surface area contributed by atoms with Crippen LogP contribution in [-0.2, 0) is 4.74 Å². The van der Waals surface area contributed by atoms with Crippen LogP contribution in [0.5, 0.6) is 5.75 Å². The van der Waals surface area contributed by atoms with Crippen LogP contribution in [0.25, 0.3) is 0 Å². The van der Waals surface area contributed by atoms with Gasteiger partial charge in [-0.1, -0.05) is 24.9 Å². The van der Waals surface area contributed by atoms with Gasteiger partial charge in [0.25, 0.3) is 0 Å². The number of carbonyl (C=O) groups excluding carboxylic acids is 1. The highest BCUT2D eigenvalue weighted by molar-refractivity contribution is 6.32. The lowest BCUT2D eigenvalue weighted by Crippen LogP contribution is -2.23. The zero-order valence-electron chi connectivity index (χ0n) is 11.0. The Balaban J connectivity index is 2.33. The van der Waals surface area contributed by atoms with Gasteiger partial charge < -0.3 is 14.6 Å². The fourth-order valence-electron chi connectivity index (χ4n) is 1.41. The molecule has 0 saturated heterocycles. The number of aliphatic hydroxyl groups excluding tert-OH is 1. The van der Waals surface area contributed by atoms with Gasteiger partial charge in [-0.25, -0.2) is 0 Å². The van der Waals surface area contributed by atoms with Crippen LogP contribution >= 0.6 is 11.6 Å². The number of rotatable bonds is 9. The fourth-order valence-corrected chi connectivity index (χ4v) is 1.65. The standard InChI is InChI=1S/C14H19ClO4/c1-2-3-6-18-9-12(17)10-19-14-5-4-11(8-16)7-13(14)15/h4-5,7-8,12,17H,2-3,6,9-10H2,1H3. The van der Waals surface area contributed by atoms with Gasteiger partial charge in [0.05, 0.1) is 11.6 Å². The molecule has 0 aliphatic carbocycles. The summed E-state index contributed by atoms with van der Waals surface area (Å²) < 4.78 is 10.7. The van der Waals surface area contributed by atoms with Crippen LogP contribution in [0.1, 0.15) is 30.1 Å². The van der Waals surface area contributed by atoms with Crippen molar-refractivity contribution in [1.82, 2.24) is 0 Å². The summed E-state index contributed by atoms with van der Waals surface area (Å²) in [6.07, 6.45) is 2.06. The molecule has 0 spiro atoms. The zero-order valence-corrected chi connectivity index (χ0v) is 11.7. The van der Waals surface area contributed by atoms with Crippen molar-refractivity contribution in [3.05, 3.63) is 28.8 Å². The minimum absolute atomic E-state index is 0.103. The molecule has 1 N–H and O–H groups in total. The maximum atomic E-state index is 10.6. The number of benzene rings is 1. The van der Waals surface area contributed by atoms with Gasteiger partial charge in [-0.2, -0.15) is 0 Å². The predicted molar refractivity (Wildman–Crippen MR) is 74.1 cm³/mol. The monoisotopic (exact) mass is 286 g/mol. The highest BCUT2D eigenvalue weighted by Gasteiger charge is 2.08. The Morgan fingerprint density at radius 3 is 2.84 bits per heavy atom. The first-order valence-electron chi connectivity index (χ1n) is 6.30. The molecule has 0 bridgehead atoms. The van der Waals surface area contributed by atoms with Crippen molar-refractivity contribution in [2.24, 2.45) is 0 Å². The van der Waals surface area contributed by atoms with Gasteiger partial charge in [-0.05, 0) is 24.6 Å². The molecule has 1 aromatic carbocycles. The van der Waals surface area contributed by atoms with Gasteiger partial charge in [0.2, 0.25) is 0 Å². The fraction of sp³-hybridized carbons (Fsp3) is 0.500. The van der Waals surface area contributed by atoms with Crippen molar-refractivity contribution in [1.29, 1.82) is 0 Å². The van der Waals surface area contributed by atoms with Crippen molar-refractivity contribution in [2.75, 3.05) is 19.8 Å². The van der Waals surface area contributed by atoms with E-state index in [9.17, 15) is 9.90 Å². The van der Waals surface area contributed by atoms with Gasteiger partial charge in [0.15, 0.2) is 0 Å². The summed E-state index contributed by atoms with van der Waals surface area (Å²) in [6, 6.07) is 4.74. The highest BCUT2D eigenvalue weighted by atomic mass is 35.5. The summed E-state index contributed by atoms with van der Waals surface area (Å²) in [5, 5.41) is 10.0. The second-order valence-electron chi connectivity index (χ2n) is 4.20. The van der Waals surface area contributed by atoms with Crippen LogP contribution in [0.4, 0.5) is 0 Å². The van der Waals surface area contributed by atoms with Crippen LogP contribution in [-0.4, -0.2) is 37.3 Å². The summed E-state index contributed by atoms with van der Waals surface area (Å²) in [5.41, 5.74) is 0.487. The molecule has 0 heterocycles. The molecule has 0 amide bonds. The first-order valence-corrected chi connectivity index (χ1v) is 6.68. The first kappa shape index (κ1) is 16.0. The first-order chi connectivity index (χ1) is 9.17. The molecule has 1 aromatic rings. The van der Waals surface area contributed by atoms with Crippen LogP contribution < -0.4 is 4.74 Å². The van der Waals surface area contributed by atoms with E-state index in [1.165, 1.54) is 6.07 Å². The molecule has 0 fully saturated rings. The average molecular weight is 287 g/mol. The van der Waals surface area contributed by atoms with E-state index in [-0.39, 0.29) is 13.2 Å². The quantitative estimate of drug-likeness (QED) is 0.560. The van der Waals surface area contributed by atoms with E-state index in [1.54, 1.807) is 12.1 Å². The lowest BCUT2D eigenvalue weighted by atomic mass is 10.2. The van der Waals surface area contributed by atoms with E-state index in [2.05, 4.69) is 6.92 Å². The number of unbranched alkanes of at least 4 members (excludes halogenated alkanes) is 1. The third kappa shape index (κ3) is 6.05. The van der Waals surface area contributed by atoms with Crippen molar-refractivity contribution in [3.8, 4) is 5.75 Å². The van der Waals surface area contributed by atoms with Crippen molar-refractivity contribution in [3.63, 3.8) is 0 Å². The van der Waals surface area contributed by atoms with Crippen molar-refractivity contribution in [2.45, 2.75) is 25.9 Å². The van der Waals surface area contributed by atoms with Gasteiger partial charge in [-0.3, -0.25) is 4.79 Å². The predicted octanol–water partition coefficient (Wildman–Crippen LogP) is 2.71. The minimum Gasteiger partial charge on any atom is -0.489 e. The minimum atomic E-state index is -0.696. The number of aldehydes is 1. The molecule has 0 radical (unpaired) electrons. The second kappa shape index (κ2) is 8.91. The van der Waals surface area contributed by atoms with E-state index < -0.39 is 6.10 Å². The second-order valence-corrected chi connectivity index (χ2v) is 4.61. The van der Waals surface area contributed by atoms with Gasteiger partial charge >= 0.3 is 0 Å². The Morgan fingerprint density at radius 1 is 1.42 bits per heavy atom. The lowest BCUT2D eigenvalue weighted by molar-refractivity contribution is 0.0113. The number of hydrogen-bond acceptors (Lipinski definition) is 4. The number of carbonyl (C=O) groups is 1. The molecule has 106 valence electrons. The van der Waals surface area contributed by atoms with Gasteiger partial charge in [-0.15, -0.1) is 0 Å². The van der Waals surface area contributed by atoms with E-state index in [0.29, 0.717) is 29.2 Å². The van der Waals surface area contributed by atoms with E-state index in [1.807, 2.05) is 0 Å². The molecular formula is C14H19ClO4. The normalized spacial score (nSPS) is 12.2. The third-order valence-corrected chi connectivity index (χ3v) is 2.77. The van der Waals surface area contributed by atoms with E-state index >= 15 is 0 Å². The molecule has 4 nitrogen and oxygen atoms in total. The molecule has 1 unspecified atom stereocenters. The summed E-state index contributed by atoms with van der Waals surface area (Å²) in [7, 11) is 0. The topological polar surface area (TPSA) is 55.8 Å². The smallest absolute Gasteiger partial charge is 0.150 e. The molecule has 5 heteroatoms. The molecule has 19 heavy (non-hydrogen) atoms. The van der Waals surface area contributed by atoms with Crippen LogP contribution in [0.15, 0.2) is 18.2 Å².